The van der Waals surface area contributed by atoms with Gasteiger partial charge in [-0.25, -0.2) is 12.8 Å². The molecule has 21 heavy (non-hydrogen) atoms. The molecule has 118 valence electrons. The average molecular weight is 315 g/mol. The van der Waals surface area contributed by atoms with Crippen LogP contribution in [0.5, 0.6) is 5.75 Å². The van der Waals surface area contributed by atoms with Crippen molar-refractivity contribution in [3.05, 3.63) is 30.1 Å². The molecule has 0 saturated heterocycles. The maximum Gasteiger partial charge on any atom is 0.151 e. The summed E-state index contributed by atoms with van der Waals surface area (Å²) < 4.78 is 41.8. The van der Waals surface area contributed by atoms with E-state index in [0.29, 0.717) is 12.4 Å². The summed E-state index contributed by atoms with van der Waals surface area (Å²) in [5.41, 5.74) is 0. The van der Waals surface area contributed by atoms with Crippen LogP contribution in [-0.2, 0) is 9.84 Å². The van der Waals surface area contributed by atoms with Crippen LogP contribution in [-0.4, -0.2) is 38.6 Å². The molecule has 1 saturated carbocycles. The van der Waals surface area contributed by atoms with Gasteiger partial charge in [0.15, 0.2) is 9.84 Å². The van der Waals surface area contributed by atoms with Gasteiger partial charge >= 0.3 is 0 Å². The van der Waals surface area contributed by atoms with Gasteiger partial charge < -0.3 is 10.1 Å². The molecule has 1 aromatic rings. The average Bonchev–Trinajstić information content (AvgIpc) is 2.86. The summed E-state index contributed by atoms with van der Waals surface area (Å²) in [4.78, 5) is 0. The van der Waals surface area contributed by atoms with Crippen molar-refractivity contribution in [2.45, 2.75) is 43.5 Å². The fraction of sp³-hybridized carbons (Fsp3) is 0.600. The molecule has 0 radical (unpaired) electrons. The molecule has 0 aliphatic heterocycles. The van der Waals surface area contributed by atoms with E-state index in [4.69, 9.17) is 4.74 Å². The number of nitrogens with one attached hydrogen (secondary N) is 1. The van der Waals surface area contributed by atoms with Crippen LogP contribution < -0.4 is 10.1 Å². The van der Waals surface area contributed by atoms with E-state index in [9.17, 15) is 12.8 Å². The van der Waals surface area contributed by atoms with E-state index in [-0.39, 0.29) is 23.2 Å². The Hall–Kier alpha value is -1.14. The topological polar surface area (TPSA) is 55.4 Å². The number of hydrogen-bond donors (Lipinski definition) is 1. The molecule has 0 aromatic heterocycles. The lowest BCUT2D eigenvalue weighted by Crippen LogP contribution is -2.46. The second kappa shape index (κ2) is 6.75. The molecule has 0 heterocycles. The van der Waals surface area contributed by atoms with E-state index < -0.39 is 9.84 Å². The van der Waals surface area contributed by atoms with Crippen molar-refractivity contribution in [3.63, 3.8) is 0 Å². The predicted molar refractivity (Wildman–Crippen MR) is 80.8 cm³/mol. The number of rotatable bonds is 6. The fourth-order valence-corrected chi connectivity index (χ4v) is 4.20. The lowest BCUT2D eigenvalue weighted by Gasteiger charge is -2.24. The Morgan fingerprint density at radius 2 is 2.00 bits per heavy atom. The van der Waals surface area contributed by atoms with Crippen molar-refractivity contribution >= 4 is 9.84 Å². The smallest absolute Gasteiger partial charge is 0.151 e. The van der Waals surface area contributed by atoms with Crippen LogP contribution >= 0.6 is 0 Å². The zero-order valence-corrected chi connectivity index (χ0v) is 13.2. The molecule has 1 aromatic carbocycles. The molecular formula is C15H22FNO3S. The Kier molecular flexibility index (Phi) is 5.22. The molecule has 1 fully saturated rings. The zero-order valence-electron chi connectivity index (χ0n) is 12.4. The first-order chi connectivity index (χ1) is 9.86. The van der Waals surface area contributed by atoms with Crippen LogP contribution in [0.4, 0.5) is 4.39 Å². The molecule has 3 atom stereocenters. The second-order valence-corrected chi connectivity index (χ2v) is 8.00. The first-order valence-corrected chi connectivity index (χ1v) is 9.15. The number of ether oxygens (including phenoxy) is 1. The van der Waals surface area contributed by atoms with Crippen molar-refractivity contribution in [2.24, 2.45) is 0 Å². The standard InChI is InChI=1S/C15H22FNO3S/c1-11(10-20-13-8-6-12(16)7-9-13)17-14-4-3-5-15(14)21(2,18)19/h6-9,11,14-15,17H,3-5,10H2,1-2H3/t11-,14-,15+/m1/s1. The molecule has 0 bridgehead atoms. The summed E-state index contributed by atoms with van der Waals surface area (Å²) in [6, 6.07) is 5.89. The lowest BCUT2D eigenvalue weighted by molar-refractivity contribution is 0.261. The Balaban J connectivity index is 1.84. The van der Waals surface area contributed by atoms with Gasteiger partial charge in [-0.2, -0.15) is 0 Å². The van der Waals surface area contributed by atoms with Gasteiger partial charge in [-0.15, -0.1) is 0 Å². The Morgan fingerprint density at radius 1 is 1.33 bits per heavy atom. The van der Waals surface area contributed by atoms with Gasteiger partial charge in [0.25, 0.3) is 0 Å². The van der Waals surface area contributed by atoms with E-state index in [0.717, 1.165) is 19.3 Å². The van der Waals surface area contributed by atoms with Crippen LogP contribution in [0, 0.1) is 5.82 Å². The van der Waals surface area contributed by atoms with Crippen LogP contribution in [0.3, 0.4) is 0 Å². The van der Waals surface area contributed by atoms with Crippen molar-refractivity contribution in [2.75, 3.05) is 12.9 Å². The van der Waals surface area contributed by atoms with Crippen molar-refractivity contribution in [1.29, 1.82) is 0 Å². The monoisotopic (exact) mass is 315 g/mol. The van der Waals surface area contributed by atoms with E-state index in [1.807, 2.05) is 6.92 Å². The largest absolute Gasteiger partial charge is 0.492 e. The molecule has 0 amide bonds. The molecular weight excluding hydrogens is 293 g/mol. The highest BCUT2D eigenvalue weighted by Gasteiger charge is 2.35. The van der Waals surface area contributed by atoms with Crippen molar-refractivity contribution in [1.82, 2.24) is 5.32 Å². The predicted octanol–water partition coefficient (Wildman–Crippen LogP) is 2.15. The summed E-state index contributed by atoms with van der Waals surface area (Å²) in [5.74, 6) is 0.312. The van der Waals surface area contributed by atoms with E-state index in [2.05, 4.69) is 5.32 Å². The van der Waals surface area contributed by atoms with Crippen molar-refractivity contribution in [3.8, 4) is 5.75 Å². The number of halogens is 1. The maximum absolute atomic E-state index is 12.8. The highest BCUT2D eigenvalue weighted by Crippen LogP contribution is 2.25. The number of benzene rings is 1. The maximum atomic E-state index is 12.8. The van der Waals surface area contributed by atoms with Gasteiger partial charge in [0.2, 0.25) is 0 Å². The molecule has 2 rings (SSSR count). The summed E-state index contributed by atoms with van der Waals surface area (Å²) in [6.07, 6.45) is 3.83. The van der Waals surface area contributed by atoms with Gasteiger partial charge in [-0.1, -0.05) is 6.42 Å². The highest BCUT2D eigenvalue weighted by atomic mass is 32.2. The van der Waals surface area contributed by atoms with E-state index >= 15 is 0 Å². The highest BCUT2D eigenvalue weighted by molar-refractivity contribution is 7.91. The van der Waals surface area contributed by atoms with Crippen LogP contribution in [0.1, 0.15) is 26.2 Å². The summed E-state index contributed by atoms with van der Waals surface area (Å²) in [6.45, 7) is 2.37. The zero-order chi connectivity index (χ0) is 15.5. The Bertz CT molecular complexity index is 559. The Labute approximate surface area is 125 Å². The molecule has 1 aliphatic rings. The Morgan fingerprint density at radius 3 is 2.62 bits per heavy atom. The molecule has 6 heteroatoms. The SMILES string of the molecule is C[C@H](COc1ccc(F)cc1)N[C@@H]1CCC[C@@H]1S(C)(=O)=O. The molecule has 0 unspecified atom stereocenters. The minimum Gasteiger partial charge on any atom is -0.492 e. The second-order valence-electron chi connectivity index (χ2n) is 5.74. The van der Waals surface area contributed by atoms with Crippen LogP contribution in [0.25, 0.3) is 0 Å². The summed E-state index contributed by atoms with van der Waals surface area (Å²) in [7, 11) is -3.01. The molecule has 0 spiro atoms. The third-order valence-corrected chi connectivity index (χ3v) is 5.48. The van der Waals surface area contributed by atoms with Gasteiger partial charge in [0.05, 0.1) is 5.25 Å². The summed E-state index contributed by atoms with van der Waals surface area (Å²) >= 11 is 0. The summed E-state index contributed by atoms with van der Waals surface area (Å²) in [5, 5.41) is 3.04. The normalized spacial score (nSPS) is 24.0. The molecule has 1 aliphatic carbocycles. The first-order valence-electron chi connectivity index (χ1n) is 7.19. The lowest BCUT2D eigenvalue weighted by atomic mass is 10.2. The third-order valence-electron chi connectivity index (χ3n) is 3.81. The number of hydrogen-bond acceptors (Lipinski definition) is 4. The van der Waals surface area contributed by atoms with Gasteiger partial charge in [-0.05, 0) is 44.0 Å². The quantitative estimate of drug-likeness (QED) is 0.874. The molecule has 4 nitrogen and oxygen atoms in total. The van der Waals surface area contributed by atoms with Crippen LogP contribution in [0.15, 0.2) is 24.3 Å². The third kappa shape index (κ3) is 4.68. The van der Waals surface area contributed by atoms with E-state index in [1.54, 1.807) is 12.1 Å². The van der Waals surface area contributed by atoms with Gasteiger partial charge in [0.1, 0.15) is 18.2 Å². The van der Waals surface area contributed by atoms with Gasteiger partial charge in [-0.3, -0.25) is 0 Å². The fourth-order valence-electron chi connectivity index (χ4n) is 2.79. The minimum atomic E-state index is -3.01. The molecule has 1 N–H and O–H groups in total. The number of sulfone groups is 1. The van der Waals surface area contributed by atoms with E-state index in [1.165, 1.54) is 18.4 Å². The van der Waals surface area contributed by atoms with Crippen LogP contribution in [0.2, 0.25) is 0 Å². The van der Waals surface area contributed by atoms with Crippen molar-refractivity contribution < 1.29 is 17.5 Å². The minimum absolute atomic E-state index is 0.00758. The first kappa shape index (κ1) is 16.2. The van der Waals surface area contributed by atoms with Gasteiger partial charge in [0, 0.05) is 18.3 Å².